The lowest BCUT2D eigenvalue weighted by molar-refractivity contribution is 0.345. The van der Waals surface area contributed by atoms with Gasteiger partial charge in [-0.05, 0) is 30.7 Å². The van der Waals surface area contributed by atoms with Gasteiger partial charge >= 0.3 is 0 Å². The van der Waals surface area contributed by atoms with Crippen LogP contribution in [-0.4, -0.2) is 39.7 Å². The van der Waals surface area contributed by atoms with Crippen LogP contribution in [0.3, 0.4) is 0 Å². The summed E-state index contributed by atoms with van der Waals surface area (Å²) >= 11 is 0. The van der Waals surface area contributed by atoms with Crippen molar-refractivity contribution in [1.82, 2.24) is 19.3 Å². The number of nitrogens with zero attached hydrogens (tertiary/aromatic N) is 4. The van der Waals surface area contributed by atoms with Crippen LogP contribution in [0.1, 0.15) is 35.9 Å². The van der Waals surface area contributed by atoms with E-state index in [2.05, 4.69) is 10.1 Å². The molecule has 0 aliphatic heterocycles. The van der Waals surface area contributed by atoms with E-state index < -0.39 is 15.9 Å². The van der Waals surface area contributed by atoms with E-state index in [9.17, 15) is 8.42 Å². The Morgan fingerprint density at radius 1 is 1.24 bits per heavy atom. The second kappa shape index (κ2) is 6.85. The van der Waals surface area contributed by atoms with Crippen molar-refractivity contribution >= 4 is 9.84 Å². The Balaban J connectivity index is 1.89. The van der Waals surface area contributed by atoms with Crippen LogP contribution in [-0.2, 0) is 16.9 Å². The Kier molecular flexibility index (Phi) is 4.78. The smallest absolute Gasteiger partial charge is 0.243 e. The van der Waals surface area contributed by atoms with Crippen molar-refractivity contribution < 1.29 is 12.9 Å². The Morgan fingerprint density at radius 2 is 1.96 bits per heavy atom. The molecule has 0 unspecified atom stereocenters. The number of aromatic nitrogens is 4. The summed E-state index contributed by atoms with van der Waals surface area (Å²) in [7, 11) is -1.14. The minimum Gasteiger partial charge on any atom is -0.352 e. The zero-order chi connectivity index (χ0) is 18.0. The number of hydrogen-bond donors (Lipinski definition) is 1. The van der Waals surface area contributed by atoms with E-state index in [0.717, 1.165) is 5.69 Å². The Hall–Kier alpha value is -2.39. The maximum absolute atomic E-state index is 11.3. The first kappa shape index (κ1) is 17.4. The summed E-state index contributed by atoms with van der Waals surface area (Å²) in [5.74, 6) is 0.692. The van der Waals surface area contributed by atoms with Crippen LogP contribution in [0.4, 0.5) is 0 Å². The summed E-state index contributed by atoms with van der Waals surface area (Å²) in [6, 6.07) is 6.92. The molecule has 3 aromatic rings. The first-order valence-corrected chi connectivity index (χ1v) is 9.91. The molecule has 3 rings (SSSR count). The number of hydrogen-bond acceptors (Lipinski definition) is 6. The molecule has 9 heteroatoms. The van der Waals surface area contributed by atoms with E-state index in [1.165, 1.54) is 6.26 Å². The molecule has 0 aromatic carbocycles. The summed E-state index contributed by atoms with van der Waals surface area (Å²) < 4.78 is 31.9. The van der Waals surface area contributed by atoms with Gasteiger partial charge in [-0.1, -0.05) is 5.16 Å². The second-order valence-electron chi connectivity index (χ2n) is 6.09. The van der Waals surface area contributed by atoms with Gasteiger partial charge in [0.15, 0.2) is 0 Å². The van der Waals surface area contributed by atoms with E-state index in [-0.39, 0.29) is 24.1 Å². The van der Waals surface area contributed by atoms with Gasteiger partial charge < -0.3 is 19.4 Å². The third-order valence-corrected chi connectivity index (χ3v) is 4.99. The fraction of sp³-hybridized carbons (Fsp3) is 0.375. The van der Waals surface area contributed by atoms with Crippen LogP contribution in [0.25, 0.3) is 0 Å². The molecule has 3 aromatic heterocycles. The highest BCUT2D eigenvalue weighted by Gasteiger charge is 2.25. The molecule has 2 N–H and O–H groups in total. The molecule has 0 bridgehead atoms. The summed E-state index contributed by atoms with van der Waals surface area (Å²) in [6.07, 6.45) is 7.22. The first-order chi connectivity index (χ1) is 11.8. The molecular weight excluding hydrogens is 342 g/mol. The van der Waals surface area contributed by atoms with E-state index in [1.54, 1.807) is 0 Å². The molecule has 0 saturated carbocycles. The molecule has 8 nitrogen and oxygen atoms in total. The number of aryl methyl sites for hydroxylation is 1. The average Bonchev–Trinajstić information content (AvgIpc) is 3.28. The van der Waals surface area contributed by atoms with Gasteiger partial charge in [-0.2, -0.15) is 4.98 Å². The lowest BCUT2D eigenvalue weighted by atomic mass is 10.2. The second-order valence-corrected chi connectivity index (χ2v) is 8.35. The minimum absolute atomic E-state index is 0.0231. The van der Waals surface area contributed by atoms with E-state index >= 15 is 0 Å². The van der Waals surface area contributed by atoms with Crippen LogP contribution in [0, 0.1) is 0 Å². The van der Waals surface area contributed by atoms with Gasteiger partial charge in [0.1, 0.15) is 15.9 Å². The highest BCUT2D eigenvalue weighted by molar-refractivity contribution is 7.90. The number of sulfone groups is 1. The van der Waals surface area contributed by atoms with Gasteiger partial charge in [0.2, 0.25) is 11.7 Å². The lowest BCUT2D eigenvalue weighted by Crippen LogP contribution is -2.17. The molecule has 0 fully saturated rings. The molecular formula is C16H21N5O3S. The number of nitrogens with two attached hydrogens (primary N) is 1. The van der Waals surface area contributed by atoms with Crippen LogP contribution >= 0.6 is 0 Å². The molecule has 0 amide bonds. The molecule has 0 saturated heterocycles. The molecule has 2 atom stereocenters. The lowest BCUT2D eigenvalue weighted by Gasteiger charge is -2.16. The largest absolute Gasteiger partial charge is 0.352 e. The predicted molar refractivity (Wildman–Crippen MR) is 92.6 cm³/mol. The van der Waals surface area contributed by atoms with Crippen LogP contribution < -0.4 is 5.73 Å². The van der Waals surface area contributed by atoms with Crippen molar-refractivity contribution in [3.63, 3.8) is 0 Å². The third kappa shape index (κ3) is 3.99. The van der Waals surface area contributed by atoms with Crippen LogP contribution in [0.5, 0.6) is 0 Å². The summed E-state index contributed by atoms with van der Waals surface area (Å²) in [4.78, 5) is 4.43. The monoisotopic (exact) mass is 363 g/mol. The Morgan fingerprint density at radius 3 is 2.56 bits per heavy atom. The Labute approximate surface area is 146 Å². The fourth-order valence-corrected chi connectivity index (χ4v) is 3.35. The minimum atomic E-state index is -3.09. The van der Waals surface area contributed by atoms with Crippen molar-refractivity contribution in [2.45, 2.75) is 18.5 Å². The maximum Gasteiger partial charge on any atom is 0.243 e. The third-order valence-electron chi connectivity index (χ3n) is 4.01. The average molecular weight is 363 g/mol. The molecule has 134 valence electrons. The summed E-state index contributed by atoms with van der Waals surface area (Å²) in [6.45, 7) is 0. The molecule has 3 heterocycles. The molecule has 0 spiro atoms. The molecule has 25 heavy (non-hydrogen) atoms. The first-order valence-electron chi connectivity index (χ1n) is 7.85. The highest BCUT2D eigenvalue weighted by atomic mass is 32.2. The fourth-order valence-electron chi connectivity index (χ4n) is 2.67. The van der Waals surface area contributed by atoms with Crippen molar-refractivity contribution in [3.05, 3.63) is 60.3 Å². The molecule has 0 radical (unpaired) electrons. The van der Waals surface area contributed by atoms with Gasteiger partial charge in [-0.3, -0.25) is 0 Å². The van der Waals surface area contributed by atoms with Crippen molar-refractivity contribution in [2.75, 3.05) is 12.0 Å². The molecule has 0 aliphatic rings. The predicted octanol–water partition coefficient (Wildman–Crippen LogP) is 1.28. The van der Waals surface area contributed by atoms with Crippen molar-refractivity contribution in [3.8, 4) is 0 Å². The van der Waals surface area contributed by atoms with Gasteiger partial charge in [-0.15, -0.1) is 0 Å². The van der Waals surface area contributed by atoms with Gasteiger partial charge in [0.25, 0.3) is 0 Å². The van der Waals surface area contributed by atoms with E-state index in [0.29, 0.717) is 5.82 Å². The van der Waals surface area contributed by atoms with Gasteiger partial charge in [-0.25, -0.2) is 8.42 Å². The quantitative estimate of drug-likeness (QED) is 0.677. The summed E-state index contributed by atoms with van der Waals surface area (Å²) in [5, 5.41) is 4.09. The Bertz CT molecular complexity index is 927. The van der Waals surface area contributed by atoms with Gasteiger partial charge in [0, 0.05) is 37.6 Å². The zero-order valence-corrected chi connectivity index (χ0v) is 14.9. The molecule has 0 aliphatic carbocycles. The topological polar surface area (TPSA) is 109 Å². The summed E-state index contributed by atoms with van der Waals surface area (Å²) in [5.41, 5.74) is 7.00. The van der Waals surface area contributed by atoms with Crippen molar-refractivity contribution in [1.29, 1.82) is 0 Å². The van der Waals surface area contributed by atoms with Gasteiger partial charge in [0.05, 0.1) is 11.8 Å². The van der Waals surface area contributed by atoms with Crippen LogP contribution in [0.15, 0.2) is 47.4 Å². The standard InChI is InChI=1S/C16H21N5O3S/c1-20-8-5-6-13(20)14(21-9-3-4-10-21)15-18-16(24-19-15)12(17)7-11-25(2,22)23/h3-6,8-10,12,14H,7,11,17H2,1-2H3/t12-,14+/m0/s1. The maximum atomic E-state index is 11.3. The van der Waals surface area contributed by atoms with E-state index in [4.69, 9.17) is 10.3 Å². The SMILES string of the molecule is Cn1cccc1[C@H](c1noc([C@@H](N)CCS(C)(=O)=O)n1)n1cccc1. The van der Waals surface area contributed by atoms with Crippen LogP contribution in [0.2, 0.25) is 0 Å². The normalized spacial score (nSPS) is 14.5. The van der Waals surface area contributed by atoms with Crippen molar-refractivity contribution in [2.24, 2.45) is 12.8 Å². The van der Waals surface area contributed by atoms with E-state index in [1.807, 2.05) is 59.0 Å². The number of rotatable bonds is 7. The zero-order valence-electron chi connectivity index (χ0n) is 14.1. The highest BCUT2D eigenvalue weighted by Crippen LogP contribution is 2.26.